The molecule has 94 valence electrons. The number of likely N-dealkylation sites (N-methyl/N-ethyl adjacent to an activating group) is 1. The van der Waals surface area contributed by atoms with Gasteiger partial charge in [0.05, 0.1) is 0 Å². The van der Waals surface area contributed by atoms with E-state index in [4.69, 9.17) is 0 Å². The third-order valence-corrected chi connectivity index (χ3v) is 5.25. The first kappa shape index (κ1) is 12.3. The van der Waals surface area contributed by atoms with Crippen LogP contribution in [-0.4, -0.2) is 81.3 Å². The minimum Gasteiger partial charge on any atom is -0.314 e. The molecular weight excluding hydrogens is 228 g/mol. The minimum atomic E-state index is -3.14. The van der Waals surface area contributed by atoms with Crippen LogP contribution < -0.4 is 5.32 Å². The molecular formula is C9H20N4O2S. The van der Waals surface area contributed by atoms with Crippen molar-refractivity contribution in [2.75, 3.05) is 59.4 Å². The lowest BCUT2D eigenvalue weighted by Crippen LogP contribution is -2.46. The van der Waals surface area contributed by atoms with Crippen molar-refractivity contribution in [2.45, 2.75) is 0 Å². The van der Waals surface area contributed by atoms with Gasteiger partial charge in [-0.15, -0.1) is 0 Å². The van der Waals surface area contributed by atoms with Gasteiger partial charge in [0.2, 0.25) is 0 Å². The van der Waals surface area contributed by atoms with Crippen LogP contribution in [0.1, 0.15) is 0 Å². The zero-order valence-corrected chi connectivity index (χ0v) is 10.5. The molecule has 0 saturated carbocycles. The van der Waals surface area contributed by atoms with Crippen molar-refractivity contribution in [1.82, 2.24) is 18.8 Å². The molecule has 0 atom stereocenters. The van der Waals surface area contributed by atoms with Gasteiger partial charge in [-0.05, 0) is 0 Å². The van der Waals surface area contributed by atoms with Crippen LogP contribution in [-0.2, 0) is 10.2 Å². The Morgan fingerprint density at radius 1 is 1.06 bits per heavy atom. The summed E-state index contributed by atoms with van der Waals surface area (Å²) < 4.78 is 26.6. The van der Waals surface area contributed by atoms with Gasteiger partial charge in [-0.25, -0.2) is 0 Å². The van der Waals surface area contributed by atoms with Gasteiger partial charge < -0.3 is 5.32 Å². The Bertz CT molecular complexity index is 326. The maximum Gasteiger partial charge on any atom is 0.281 e. The summed E-state index contributed by atoms with van der Waals surface area (Å²) in [5, 5.41) is 3.28. The number of hydrogen-bond donors (Lipinski definition) is 1. The minimum absolute atomic E-state index is 0.615. The predicted octanol–water partition coefficient (Wildman–Crippen LogP) is -1.62. The summed E-state index contributed by atoms with van der Waals surface area (Å²) >= 11 is 0. The van der Waals surface area contributed by atoms with Crippen LogP contribution in [0.3, 0.4) is 0 Å². The van der Waals surface area contributed by atoms with Crippen LogP contribution in [0.2, 0.25) is 0 Å². The topological polar surface area (TPSA) is 55.9 Å². The maximum absolute atomic E-state index is 11.8. The smallest absolute Gasteiger partial charge is 0.281 e. The van der Waals surface area contributed by atoms with E-state index in [1.807, 2.05) is 0 Å². The Hall–Kier alpha value is -0.210. The highest BCUT2D eigenvalue weighted by Crippen LogP contribution is 2.13. The maximum atomic E-state index is 11.8. The fourth-order valence-electron chi connectivity index (χ4n) is 2.10. The zero-order valence-electron chi connectivity index (χ0n) is 9.72. The van der Waals surface area contributed by atoms with Gasteiger partial charge >= 0.3 is 0 Å². The Labute approximate surface area is 97.4 Å². The number of nitrogens with zero attached hydrogens (tertiary/aromatic N) is 3. The van der Waals surface area contributed by atoms with Gasteiger partial charge in [0, 0.05) is 59.4 Å². The molecule has 0 radical (unpaired) electrons. The van der Waals surface area contributed by atoms with Gasteiger partial charge in [0.1, 0.15) is 0 Å². The summed E-state index contributed by atoms with van der Waals surface area (Å²) in [6.45, 7) is 6.75. The van der Waals surface area contributed by atoms with E-state index >= 15 is 0 Å². The zero-order chi connectivity index (χ0) is 11.6. The molecule has 2 rings (SSSR count). The SMILES string of the molecule is CN1CCN(CCN2CCNCC2)S1(=O)=O. The Morgan fingerprint density at radius 2 is 1.75 bits per heavy atom. The van der Waals surface area contributed by atoms with Gasteiger partial charge in [-0.2, -0.15) is 17.0 Å². The molecule has 0 unspecified atom stereocenters. The van der Waals surface area contributed by atoms with Crippen molar-refractivity contribution in [1.29, 1.82) is 0 Å². The Balaban J connectivity index is 1.82. The highest BCUT2D eigenvalue weighted by Gasteiger charge is 2.33. The molecule has 2 aliphatic heterocycles. The van der Waals surface area contributed by atoms with Crippen LogP contribution >= 0.6 is 0 Å². The molecule has 0 aromatic rings. The van der Waals surface area contributed by atoms with Crippen molar-refractivity contribution < 1.29 is 8.42 Å². The number of piperazine rings is 1. The lowest BCUT2D eigenvalue weighted by atomic mass is 10.3. The summed E-state index contributed by atoms with van der Waals surface area (Å²) in [5.41, 5.74) is 0. The van der Waals surface area contributed by atoms with E-state index in [0.717, 1.165) is 32.7 Å². The van der Waals surface area contributed by atoms with Gasteiger partial charge in [0.25, 0.3) is 10.2 Å². The molecule has 2 fully saturated rings. The molecule has 0 aromatic heterocycles. The van der Waals surface area contributed by atoms with Crippen molar-refractivity contribution >= 4 is 10.2 Å². The fourth-order valence-corrected chi connectivity index (χ4v) is 3.43. The Kier molecular flexibility index (Phi) is 3.81. The van der Waals surface area contributed by atoms with Crippen LogP contribution in [0, 0.1) is 0 Å². The van der Waals surface area contributed by atoms with E-state index in [1.54, 1.807) is 11.4 Å². The molecule has 1 N–H and O–H groups in total. The van der Waals surface area contributed by atoms with Gasteiger partial charge in [-0.3, -0.25) is 4.90 Å². The second-order valence-corrected chi connectivity index (χ2v) is 6.36. The molecule has 2 saturated heterocycles. The van der Waals surface area contributed by atoms with Crippen LogP contribution in [0.25, 0.3) is 0 Å². The molecule has 0 bridgehead atoms. The summed E-state index contributed by atoms with van der Waals surface area (Å²) in [4.78, 5) is 2.31. The molecule has 0 aromatic carbocycles. The quantitative estimate of drug-likeness (QED) is 0.652. The second-order valence-electron chi connectivity index (χ2n) is 4.32. The van der Waals surface area contributed by atoms with Crippen molar-refractivity contribution in [3.8, 4) is 0 Å². The molecule has 0 spiro atoms. The van der Waals surface area contributed by atoms with Crippen LogP contribution in [0.4, 0.5) is 0 Å². The average molecular weight is 248 g/mol. The highest BCUT2D eigenvalue weighted by atomic mass is 32.2. The van der Waals surface area contributed by atoms with Crippen molar-refractivity contribution in [3.05, 3.63) is 0 Å². The monoisotopic (exact) mass is 248 g/mol. The van der Waals surface area contributed by atoms with Crippen molar-refractivity contribution in [3.63, 3.8) is 0 Å². The molecule has 2 heterocycles. The van der Waals surface area contributed by atoms with Gasteiger partial charge in [0.15, 0.2) is 0 Å². The molecule has 0 aliphatic carbocycles. The highest BCUT2D eigenvalue weighted by molar-refractivity contribution is 7.87. The van der Waals surface area contributed by atoms with Crippen LogP contribution in [0.15, 0.2) is 0 Å². The first-order valence-corrected chi connectivity index (χ1v) is 7.15. The Morgan fingerprint density at radius 3 is 2.31 bits per heavy atom. The lowest BCUT2D eigenvalue weighted by molar-refractivity contribution is 0.226. The van der Waals surface area contributed by atoms with Crippen LogP contribution in [0.5, 0.6) is 0 Å². The third kappa shape index (κ3) is 2.54. The summed E-state index contributed by atoms with van der Waals surface area (Å²) in [6, 6.07) is 0. The summed E-state index contributed by atoms with van der Waals surface area (Å²) in [5.74, 6) is 0. The third-order valence-electron chi connectivity index (χ3n) is 3.26. The average Bonchev–Trinajstić information content (AvgIpc) is 2.53. The first-order valence-electron chi connectivity index (χ1n) is 5.75. The molecule has 7 heteroatoms. The molecule has 2 aliphatic rings. The van der Waals surface area contributed by atoms with Crippen molar-refractivity contribution in [2.24, 2.45) is 0 Å². The van der Waals surface area contributed by atoms with E-state index in [-0.39, 0.29) is 0 Å². The fraction of sp³-hybridized carbons (Fsp3) is 1.00. The lowest BCUT2D eigenvalue weighted by Gasteiger charge is -2.28. The molecule has 6 nitrogen and oxygen atoms in total. The number of rotatable bonds is 3. The number of nitrogens with one attached hydrogen (secondary N) is 1. The summed E-state index contributed by atoms with van der Waals surface area (Å²) in [6.07, 6.45) is 0. The largest absolute Gasteiger partial charge is 0.314 e. The van der Waals surface area contributed by atoms with E-state index in [2.05, 4.69) is 10.2 Å². The molecule has 16 heavy (non-hydrogen) atoms. The van der Waals surface area contributed by atoms with Gasteiger partial charge in [-0.1, -0.05) is 0 Å². The first-order chi connectivity index (χ1) is 7.60. The number of hydrogen-bond acceptors (Lipinski definition) is 4. The predicted molar refractivity (Wildman–Crippen MR) is 62.4 cm³/mol. The van der Waals surface area contributed by atoms with E-state index in [0.29, 0.717) is 19.6 Å². The molecule has 0 amide bonds. The summed E-state index contributed by atoms with van der Waals surface area (Å²) in [7, 11) is -1.50. The van der Waals surface area contributed by atoms with E-state index < -0.39 is 10.2 Å². The normalized spacial score (nSPS) is 28.6. The second kappa shape index (κ2) is 4.97. The van der Waals surface area contributed by atoms with E-state index in [1.165, 1.54) is 4.31 Å². The standard InChI is InChI=1S/C9H20N4O2S/c1-11-6-8-13(16(11,14)15)9-7-12-4-2-10-3-5-12/h10H,2-9H2,1H3. The van der Waals surface area contributed by atoms with E-state index in [9.17, 15) is 8.42 Å².